The second-order valence-electron chi connectivity index (χ2n) is 5.59. The molecule has 116 valence electrons. The highest BCUT2D eigenvalue weighted by Crippen LogP contribution is 2.09. The van der Waals surface area contributed by atoms with Gasteiger partial charge < -0.3 is 15.1 Å². The van der Waals surface area contributed by atoms with Crippen LogP contribution in [-0.2, 0) is 9.59 Å². The van der Waals surface area contributed by atoms with E-state index >= 15 is 0 Å². The van der Waals surface area contributed by atoms with Gasteiger partial charge in [0.25, 0.3) is 0 Å². The maximum absolute atomic E-state index is 11.7. The molecule has 0 saturated carbocycles. The lowest BCUT2D eigenvalue weighted by molar-refractivity contribution is -0.127. The van der Waals surface area contributed by atoms with Crippen molar-refractivity contribution in [3.63, 3.8) is 0 Å². The van der Waals surface area contributed by atoms with Crippen molar-refractivity contribution in [2.45, 2.75) is 45.4 Å². The number of nitrogens with zero attached hydrogens (tertiary/aromatic N) is 2. The van der Waals surface area contributed by atoms with E-state index in [0.717, 1.165) is 39.0 Å². The van der Waals surface area contributed by atoms with Gasteiger partial charge in [-0.25, -0.2) is 0 Å². The molecule has 0 radical (unpaired) electrons. The number of carbonyl (C=O) groups is 2. The van der Waals surface area contributed by atoms with Crippen molar-refractivity contribution in [2.75, 3.05) is 39.8 Å². The second kappa shape index (κ2) is 9.75. The molecule has 5 heteroatoms. The predicted molar refractivity (Wildman–Crippen MR) is 80.5 cm³/mol. The summed E-state index contributed by atoms with van der Waals surface area (Å²) in [4.78, 5) is 27.2. The summed E-state index contributed by atoms with van der Waals surface area (Å²) in [5.41, 5.74) is 0. The van der Waals surface area contributed by atoms with Crippen LogP contribution in [0, 0.1) is 0 Å². The zero-order valence-electron chi connectivity index (χ0n) is 13.0. The third-order valence-corrected chi connectivity index (χ3v) is 3.71. The Bertz CT molecular complexity index is 307. The molecular formula is C15H29N3O2. The largest absolute Gasteiger partial charge is 0.356 e. The standard InChI is InChI=1S/C15H29N3O2/c1-3-4-10-17(2)13-8-14(19)16-9-6-12-18-11-5-7-15(18)20/h3-13H2,1-2H3,(H,16,19). The normalized spacial score (nSPS) is 15.2. The van der Waals surface area contributed by atoms with E-state index < -0.39 is 0 Å². The smallest absolute Gasteiger partial charge is 0.222 e. The molecule has 1 aliphatic rings. The highest BCUT2D eigenvalue weighted by molar-refractivity contribution is 5.78. The first-order valence-electron chi connectivity index (χ1n) is 7.86. The summed E-state index contributed by atoms with van der Waals surface area (Å²) in [6.07, 6.45) is 5.45. The molecule has 5 nitrogen and oxygen atoms in total. The molecule has 1 fully saturated rings. The molecule has 0 aromatic carbocycles. The fraction of sp³-hybridized carbons (Fsp3) is 0.867. The van der Waals surface area contributed by atoms with Crippen LogP contribution in [0.3, 0.4) is 0 Å². The summed E-state index contributed by atoms with van der Waals surface area (Å²) in [6, 6.07) is 0. The van der Waals surface area contributed by atoms with Crippen LogP contribution in [0.4, 0.5) is 0 Å². The topological polar surface area (TPSA) is 52.7 Å². The summed E-state index contributed by atoms with van der Waals surface area (Å²) in [5.74, 6) is 0.370. The van der Waals surface area contributed by atoms with Gasteiger partial charge in [-0.15, -0.1) is 0 Å². The van der Waals surface area contributed by atoms with Crippen LogP contribution in [0.2, 0.25) is 0 Å². The third-order valence-electron chi connectivity index (χ3n) is 3.71. The highest BCUT2D eigenvalue weighted by atomic mass is 16.2. The van der Waals surface area contributed by atoms with Gasteiger partial charge in [-0.1, -0.05) is 13.3 Å². The Morgan fingerprint density at radius 3 is 2.80 bits per heavy atom. The summed E-state index contributed by atoms with van der Waals surface area (Å²) >= 11 is 0. The Kier molecular flexibility index (Phi) is 8.26. The molecule has 0 atom stereocenters. The van der Waals surface area contributed by atoms with Crippen molar-refractivity contribution in [1.82, 2.24) is 15.1 Å². The molecule has 1 rings (SSSR count). The zero-order valence-corrected chi connectivity index (χ0v) is 13.0. The number of unbranched alkanes of at least 4 members (excludes halogenated alkanes) is 1. The van der Waals surface area contributed by atoms with Crippen LogP contribution in [0.25, 0.3) is 0 Å². The van der Waals surface area contributed by atoms with E-state index in [1.807, 2.05) is 4.90 Å². The van der Waals surface area contributed by atoms with Gasteiger partial charge in [-0.05, 0) is 32.9 Å². The molecule has 1 aliphatic heterocycles. The minimum absolute atomic E-state index is 0.112. The molecular weight excluding hydrogens is 254 g/mol. The Morgan fingerprint density at radius 1 is 1.35 bits per heavy atom. The minimum atomic E-state index is 0.112. The number of amides is 2. The molecule has 0 spiro atoms. The van der Waals surface area contributed by atoms with Gasteiger partial charge in [0.15, 0.2) is 0 Å². The summed E-state index contributed by atoms with van der Waals surface area (Å²) in [6.45, 7) is 6.37. The maximum atomic E-state index is 11.7. The van der Waals surface area contributed by atoms with E-state index in [9.17, 15) is 9.59 Å². The van der Waals surface area contributed by atoms with E-state index in [2.05, 4.69) is 24.2 Å². The van der Waals surface area contributed by atoms with Crippen molar-refractivity contribution in [3.8, 4) is 0 Å². The SMILES string of the molecule is CCCCN(C)CCC(=O)NCCCN1CCCC1=O. The first-order valence-corrected chi connectivity index (χ1v) is 7.86. The maximum Gasteiger partial charge on any atom is 0.222 e. The van der Waals surface area contributed by atoms with Gasteiger partial charge in [0, 0.05) is 39.0 Å². The Labute approximate surface area is 122 Å². The molecule has 0 aromatic rings. The molecule has 2 amide bonds. The van der Waals surface area contributed by atoms with E-state index in [-0.39, 0.29) is 11.8 Å². The van der Waals surface area contributed by atoms with Crippen molar-refractivity contribution in [3.05, 3.63) is 0 Å². The Morgan fingerprint density at radius 2 is 2.15 bits per heavy atom. The van der Waals surface area contributed by atoms with E-state index in [1.54, 1.807) is 0 Å². The van der Waals surface area contributed by atoms with E-state index in [4.69, 9.17) is 0 Å². The number of rotatable bonds is 10. The van der Waals surface area contributed by atoms with Crippen LogP contribution in [0.5, 0.6) is 0 Å². The highest BCUT2D eigenvalue weighted by Gasteiger charge is 2.18. The lowest BCUT2D eigenvalue weighted by Crippen LogP contribution is -2.32. The summed E-state index contributed by atoms with van der Waals surface area (Å²) < 4.78 is 0. The van der Waals surface area contributed by atoms with Crippen molar-refractivity contribution in [2.24, 2.45) is 0 Å². The molecule has 20 heavy (non-hydrogen) atoms. The van der Waals surface area contributed by atoms with Crippen molar-refractivity contribution >= 4 is 11.8 Å². The van der Waals surface area contributed by atoms with Crippen LogP contribution in [0.15, 0.2) is 0 Å². The average molecular weight is 283 g/mol. The van der Waals surface area contributed by atoms with Crippen LogP contribution >= 0.6 is 0 Å². The fourth-order valence-electron chi connectivity index (χ4n) is 2.36. The van der Waals surface area contributed by atoms with Gasteiger partial charge in [0.2, 0.25) is 11.8 Å². The number of carbonyl (C=O) groups excluding carboxylic acids is 2. The first-order chi connectivity index (χ1) is 9.63. The van der Waals surface area contributed by atoms with Gasteiger partial charge in [-0.2, -0.15) is 0 Å². The van der Waals surface area contributed by atoms with E-state index in [1.165, 1.54) is 12.8 Å². The molecule has 0 aliphatic carbocycles. The minimum Gasteiger partial charge on any atom is -0.356 e. The molecule has 0 aromatic heterocycles. The lowest BCUT2D eigenvalue weighted by Gasteiger charge is -2.17. The molecule has 1 saturated heterocycles. The van der Waals surface area contributed by atoms with Gasteiger partial charge in [0.1, 0.15) is 0 Å². The van der Waals surface area contributed by atoms with Crippen LogP contribution in [-0.4, -0.2) is 61.4 Å². The van der Waals surface area contributed by atoms with Gasteiger partial charge in [0.05, 0.1) is 0 Å². The summed E-state index contributed by atoms with van der Waals surface area (Å²) in [5, 5.41) is 2.93. The van der Waals surface area contributed by atoms with Crippen LogP contribution in [0.1, 0.15) is 45.4 Å². The average Bonchev–Trinajstić information content (AvgIpc) is 2.84. The van der Waals surface area contributed by atoms with Crippen molar-refractivity contribution in [1.29, 1.82) is 0 Å². The fourth-order valence-corrected chi connectivity index (χ4v) is 2.36. The van der Waals surface area contributed by atoms with Gasteiger partial charge >= 0.3 is 0 Å². The lowest BCUT2D eigenvalue weighted by atomic mass is 10.3. The summed E-state index contributed by atoms with van der Waals surface area (Å²) in [7, 11) is 2.06. The predicted octanol–water partition coefficient (Wildman–Crippen LogP) is 1.24. The number of hydrogen-bond donors (Lipinski definition) is 1. The quantitative estimate of drug-likeness (QED) is 0.614. The molecule has 1 N–H and O–H groups in total. The molecule has 0 unspecified atom stereocenters. The first kappa shape index (κ1) is 17.0. The molecule has 0 bridgehead atoms. The Balaban J connectivity index is 1.98. The number of hydrogen-bond acceptors (Lipinski definition) is 3. The van der Waals surface area contributed by atoms with Gasteiger partial charge in [-0.3, -0.25) is 9.59 Å². The monoisotopic (exact) mass is 283 g/mol. The van der Waals surface area contributed by atoms with Crippen molar-refractivity contribution < 1.29 is 9.59 Å². The third kappa shape index (κ3) is 6.89. The van der Waals surface area contributed by atoms with Crippen LogP contribution < -0.4 is 5.32 Å². The number of nitrogens with one attached hydrogen (secondary N) is 1. The number of likely N-dealkylation sites (tertiary alicyclic amines) is 1. The molecule has 1 heterocycles. The Hall–Kier alpha value is -1.10. The van der Waals surface area contributed by atoms with E-state index in [0.29, 0.717) is 19.4 Å². The zero-order chi connectivity index (χ0) is 14.8. The second-order valence-corrected chi connectivity index (χ2v) is 5.59.